The highest BCUT2D eigenvalue weighted by molar-refractivity contribution is 7.09. The zero-order valence-electron chi connectivity index (χ0n) is 13.3. The van der Waals surface area contributed by atoms with Crippen LogP contribution in [0.3, 0.4) is 0 Å². The molecular formula is C17H21N3O2S. The van der Waals surface area contributed by atoms with Crippen molar-refractivity contribution >= 4 is 29.0 Å². The average Bonchev–Trinajstić information content (AvgIpc) is 3.03. The second kappa shape index (κ2) is 8.33. The van der Waals surface area contributed by atoms with Crippen molar-refractivity contribution in [3.05, 3.63) is 51.7 Å². The lowest BCUT2D eigenvalue weighted by molar-refractivity contribution is 0.0955. The highest BCUT2D eigenvalue weighted by Gasteiger charge is 2.08. The summed E-state index contributed by atoms with van der Waals surface area (Å²) < 4.78 is 0. The monoisotopic (exact) mass is 331 g/mol. The Balaban J connectivity index is 1.86. The molecule has 1 aromatic heterocycles. The molecule has 0 aliphatic rings. The molecule has 3 amide bonds. The largest absolute Gasteiger partial charge is 0.352 e. The minimum Gasteiger partial charge on any atom is -0.352 e. The van der Waals surface area contributed by atoms with Crippen LogP contribution in [0.5, 0.6) is 0 Å². The molecule has 0 saturated carbocycles. The van der Waals surface area contributed by atoms with Crippen LogP contribution in [-0.2, 0) is 6.42 Å². The van der Waals surface area contributed by atoms with Crippen molar-refractivity contribution in [2.45, 2.75) is 20.3 Å². The molecule has 2 aromatic rings. The maximum atomic E-state index is 11.9. The lowest BCUT2D eigenvalue weighted by Gasteiger charge is -2.11. The Hall–Kier alpha value is -2.34. The van der Waals surface area contributed by atoms with E-state index in [2.05, 4.69) is 22.0 Å². The van der Waals surface area contributed by atoms with Crippen molar-refractivity contribution in [2.24, 2.45) is 0 Å². The predicted molar refractivity (Wildman–Crippen MR) is 94.2 cm³/mol. The first-order valence-electron chi connectivity index (χ1n) is 7.56. The average molecular weight is 331 g/mol. The molecule has 0 unspecified atom stereocenters. The zero-order chi connectivity index (χ0) is 16.7. The number of urea groups is 1. The van der Waals surface area contributed by atoms with Crippen LogP contribution in [0.15, 0.2) is 35.7 Å². The molecule has 3 N–H and O–H groups in total. The van der Waals surface area contributed by atoms with Crippen LogP contribution < -0.4 is 16.0 Å². The Labute approximate surface area is 140 Å². The highest BCUT2D eigenvalue weighted by atomic mass is 32.1. The first-order chi connectivity index (χ1) is 11.1. The van der Waals surface area contributed by atoms with E-state index in [0.29, 0.717) is 24.3 Å². The number of hydrogen-bond donors (Lipinski definition) is 3. The number of benzene rings is 1. The molecule has 5 nitrogen and oxygen atoms in total. The molecule has 6 heteroatoms. The third-order valence-electron chi connectivity index (χ3n) is 3.31. The Kier molecular flexibility index (Phi) is 6.17. The maximum Gasteiger partial charge on any atom is 0.319 e. The van der Waals surface area contributed by atoms with Gasteiger partial charge in [-0.1, -0.05) is 6.07 Å². The first-order valence-corrected chi connectivity index (χ1v) is 8.44. The van der Waals surface area contributed by atoms with E-state index in [-0.39, 0.29) is 11.9 Å². The van der Waals surface area contributed by atoms with Crippen LogP contribution in [0.2, 0.25) is 0 Å². The second-order valence-electron chi connectivity index (χ2n) is 5.10. The lowest BCUT2D eigenvalue weighted by Crippen LogP contribution is -2.30. The Morgan fingerprint density at radius 1 is 1.17 bits per heavy atom. The molecule has 0 fully saturated rings. The van der Waals surface area contributed by atoms with Crippen molar-refractivity contribution in [3.63, 3.8) is 0 Å². The molecule has 2 rings (SSSR count). The molecule has 0 radical (unpaired) electrons. The van der Waals surface area contributed by atoms with E-state index < -0.39 is 0 Å². The van der Waals surface area contributed by atoms with Gasteiger partial charge in [0.15, 0.2) is 0 Å². The van der Waals surface area contributed by atoms with Crippen LogP contribution in [0.1, 0.15) is 27.7 Å². The molecule has 0 aliphatic carbocycles. The summed E-state index contributed by atoms with van der Waals surface area (Å²) in [5.74, 6) is -0.109. The van der Waals surface area contributed by atoms with Gasteiger partial charge >= 0.3 is 6.03 Å². The van der Waals surface area contributed by atoms with E-state index in [1.807, 2.05) is 25.3 Å². The van der Waals surface area contributed by atoms with E-state index in [9.17, 15) is 9.59 Å². The Morgan fingerprint density at radius 3 is 2.65 bits per heavy atom. The van der Waals surface area contributed by atoms with E-state index in [1.54, 1.807) is 29.5 Å². The van der Waals surface area contributed by atoms with Crippen molar-refractivity contribution in [2.75, 3.05) is 18.4 Å². The van der Waals surface area contributed by atoms with Crippen molar-refractivity contribution in [1.29, 1.82) is 0 Å². The zero-order valence-corrected chi connectivity index (χ0v) is 14.1. The molecule has 23 heavy (non-hydrogen) atoms. The number of thiophene rings is 1. The second-order valence-corrected chi connectivity index (χ2v) is 6.13. The van der Waals surface area contributed by atoms with Crippen molar-refractivity contribution in [1.82, 2.24) is 10.6 Å². The van der Waals surface area contributed by atoms with Gasteiger partial charge in [-0.05, 0) is 55.5 Å². The van der Waals surface area contributed by atoms with Crippen LogP contribution in [-0.4, -0.2) is 25.0 Å². The number of rotatable bonds is 6. The van der Waals surface area contributed by atoms with Gasteiger partial charge in [0.1, 0.15) is 0 Å². The van der Waals surface area contributed by atoms with Gasteiger partial charge in [-0.15, -0.1) is 11.3 Å². The van der Waals surface area contributed by atoms with Gasteiger partial charge in [0.05, 0.1) is 0 Å². The summed E-state index contributed by atoms with van der Waals surface area (Å²) in [5, 5.41) is 10.4. The third kappa shape index (κ3) is 5.10. The minimum absolute atomic E-state index is 0.109. The minimum atomic E-state index is -0.240. The fourth-order valence-corrected chi connectivity index (χ4v) is 2.84. The quantitative estimate of drug-likeness (QED) is 0.761. The summed E-state index contributed by atoms with van der Waals surface area (Å²) in [6.07, 6.45) is 0.820. The van der Waals surface area contributed by atoms with Crippen molar-refractivity contribution in [3.8, 4) is 0 Å². The topological polar surface area (TPSA) is 70.2 Å². The molecule has 0 aliphatic heterocycles. The number of amides is 3. The van der Waals surface area contributed by atoms with E-state index >= 15 is 0 Å². The van der Waals surface area contributed by atoms with Crippen LogP contribution in [0, 0.1) is 6.92 Å². The summed E-state index contributed by atoms with van der Waals surface area (Å²) in [6, 6.07) is 9.04. The Bertz CT molecular complexity index is 668. The van der Waals surface area contributed by atoms with Crippen molar-refractivity contribution < 1.29 is 9.59 Å². The van der Waals surface area contributed by atoms with Gasteiger partial charge in [0.25, 0.3) is 5.91 Å². The third-order valence-corrected chi connectivity index (χ3v) is 4.25. The smallest absolute Gasteiger partial charge is 0.319 e. The fraction of sp³-hybridized carbons (Fsp3) is 0.294. The van der Waals surface area contributed by atoms with Gasteiger partial charge in [-0.25, -0.2) is 4.79 Å². The number of anilines is 1. The molecule has 0 saturated heterocycles. The number of aryl methyl sites for hydroxylation is 1. The fourth-order valence-electron chi connectivity index (χ4n) is 2.13. The summed E-state index contributed by atoms with van der Waals surface area (Å²) in [4.78, 5) is 24.9. The molecule has 0 spiro atoms. The molecular weight excluding hydrogens is 310 g/mol. The summed E-state index contributed by atoms with van der Waals surface area (Å²) in [5.41, 5.74) is 2.14. The molecule has 0 bridgehead atoms. The highest BCUT2D eigenvalue weighted by Crippen LogP contribution is 2.16. The normalized spacial score (nSPS) is 10.2. The molecule has 122 valence electrons. The molecule has 0 atom stereocenters. The number of nitrogens with one attached hydrogen (secondary N) is 3. The molecule has 1 aromatic carbocycles. The number of hydrogen-bond acceptors (Lipinski definition) is 3. The van der Waals surface area contributed by atoms with Crippen LogP contribution in [0.25, 0.3) is 0 Å². The summed E-state index contributed by atoms with van der Waals surface area (Å²) >= 11 is 1.68. The van der Waals surface area contributed by atoms with Gasteiger partial charge in [0, 0.05) is 29.2 Å². The Morgan fingerprint density at radius 2 is 2.00 bits per heavy atom. The standard InChI is InChI=1S/C17H21N3O2S/c1-3-18-16(21)13-6-7-15(12(2)11-13)20-17(22)19-9-8-14-5-4-10-23-14/h4-7,10-11H,3,8-9H2,1-2H3,(H,18,21)(H2,19,20,22). The van der Waals surface area contributed by atoms with E-state index in [1.165, 1.54) is 4.88 Å². The SMILES string of the molecule is CCNC(=O)c1ccc(NC(=O)NCCc2cccs2)c(C)c1. The predicted octanol–water partition coefficient (Wildman–Crippen LogP) is 3.17. The van der Waals surface area contributed by atoms with Gasteiger partial charge in [0.2, 0.25) is 0 Å². The van der Waals surface area contributed by atoms with E-state index in [4.69, 9.17) is 0 Å². The van der Waals surface area contributed by atoms with Crippen LogP contribution >= 0.6 is 11.3 Å². The van der Waals surface area contributed by atoms with Gasteiger partial charge in [-0.2, -0.15) is 0 Å². The first kappa shape index (κ1) is 17.0. The van der Waals surface area contributed by atoms with Crippen LogP contribution in [0.4, 0.5) is 10.5 Å². The number of carbonyl (C=O) groups excluding carboxylic acids is 2. The summed E-state index contributed by atoms with van der Waals surface area (Å²) in [7, 11) is 0. The van der Waals surface area contributed by atoms with Gasteiger partial charge in [-0.3, -0.25) is 4.79 Å². The summed E-state index contributed by atoms with van der Waals surface area (Å²) in [6.45, 7) is 4.91. The number of carbonyl (C=O) groups is 2. The van der Waals surface area contributed by atoms with Gasteiger partial charge < -0.3 is 16.0 Å². The lowest BCUT2D eigenvalue weighted by atomic mass is 10.1. The molecule has 1 heterocycles. The van der Waals surface area contributed by atoms with E-state index in [0.717, 1.165) is 12.0 Å². The maximum absolute atomic E-state index is 11.9.